The van der Waals surface area contributed by atoms with Crippen LogP contribution in [0, 0.1) is 11.8 Å². The smallest absolute Gasteiger partial charge is 0.305 e. The lowest BCUT2D eigenvalue weighted by Crippen LogP contribution is -2.16. The Morgan fingerprint density at radius 1 is 0.692 bits per heavy atom. The molecule has 3 rings (SSSR count). The van der Waals surface area contributed by atoms with Crippen molar-refractivity contribution in [2.75, 3.05) is 19.8 Å². The van der Waals surface area contributed by atoms with Crippen molar-refractivity contribution >= 4 is 17.9 Å². The molecule has 0 heterocycles. The molecular formula is C33H56O6. The summed E-state index contributed by atoms with van der Waals surface area (Å²) in [6.45, 7) is 15.0. The fourth-order valence-corrected chi connectivity index (χ4v) is 3.89. The van der Waals surface area contributed by atoms with Crippen LogP contribution in [0.1, 0.15) is 126 Å². The van der Waals surface area contributed by atoms with Crippen molar-refractivity contribution < 1.29 is 28.6 Å². The van der Waals surface area contributed by atoms with Gasteiger partial charge < -0.3 is 14.2 Å². The third kappa shape index (κ3) is 23.1. The molecule has 224 valence electrons. The minimum atomic E-state index is -0.188. The second-order valence-electron chi connectivity index (χ2n) is 9.06. The third-order valence-corrected chi connectivity index (χ3v) is 6.12. The SMILES string of the molecule is CC.CC.CCC(=O)OCC1=C=C=CC=C1.CCC(=O)OCC1CCCC1.CCC(=O)OCC1CCCCC1. The predicted octanol–water partition coefficient (Wildman–Crippen LogP) is 8.45. The summed E-state index contributed by atoms with van der Waals surface area (Å²) in [7, 11) is 0. The number of hydrogen-bond donors (Lipinski definition) is 0. The van der Waals surface area contributed by atoms with Crippen LogP contribution in [0.25, 0.3) is 0 Å². The summed E-state index contributed by atoms with van der Waals surface area (Å²) >= 11 is 0. The molecule has 3 aliphatic carbocycles. The van der Waals surface area contributed by atoms with Crippen LogP contribution in [0.2, 0.25) is 0 Å². The average molecular weight is 549 g/mol. The number of rotatable bonds is 9. The van der Waals surface area contributed by atoms with E-state index in [0.717, 1.165) is 5.57 Å². The number of carbonyl (C=O) groups excluding carboxylic acids is 3. The molecule has 0 aromatic heterocycles. The van der Waals surface area contributed by atoms with Crippen LogP contribution in [0.15, 0.2) is 35.3 Å². The Bertz CT molecular complexity index is 757. The second-order valence-corrected chi connectivity index (χ2v) is 9.06. The Balaban J connectivity index is 0. The number of carbonyl (C=O) groups is 3. The van der Waals surface area contributed by atoms with Crippen LogP contribution >= 0.6 is 0 Å². The monoisotopic (exact) mass is 548 g/mol. The molecule has 2 saturated carbocycles. The van der Waals surface area contributed by atoms with Crippen molar-refractivity contribution in [1.29, 1.82) is 0 Å². The lowest BCUT2D eigenvalue weighted by molar-refractivity contribution is -0.145. The minimum absolute atomic E-state index is 0.0550. The van der Waals surface area contributed by atoms with E-state index in [0.29, 0.717) is 50.9 Å². The lowest BCUT2D eigenvalue weighted by atomic mass is 9.90. The van der Waals surface area contributed by atoms with Crippen LogP contribution in [0.5, 0.6) is 0 Å². The molecule has 6 nitrogen and oxygen atoms in total. The molecule has 0 saturated heterocycles. The van der Waals surface area contributed by atoms with E-state index in [1.54, 1.807) is 13.0 Å². The summed E-state index contributed by atoms with van der Waals surface area (Å²) in [5.74, 6) is 1.00. The highest BCUT2D eigenvalue weighted by Gasteiger charge is 2.16. The van der Waals surface area contributed by atoms with Gasteiger partial charge in [0.25, 0.3) is 0 Å². The summed E-state index contributed by atoms with van der Waals surface area (Å²) in [6.07, 6.45) is 18.5. The fraction of sp³-hybridized carbons (Fsp3) is 0.727. The van der Waals surface area contributed by atoms with Crippen molar-refractivity contribution in [2.24, 2.45) is 11.8 Å². The molecule has 6 heteroatoms. The molecule has 0 aliphatic heterocycles. The van der Waals surface area contributed by atoms with Crippen molar-refractivity contribution in [1.82, 2.24) is 0 Å². The lowest BCUT2D eigenvalue weighted by Gasteiger charge is -2.20. The first-order valence-corrected chi connectivity index (χ1v) is 15.3. The largest absolute Gasteiger partial charge is 0.465 e. The highest BCUT2D eigenvalue weighted by molar-refractivity contribution is 5.69. The highest BCUT2D eigenvalue weighted by Crippen LogP contribution is 2.25. The third-order valence-electron chi connectivity index (χ3n) is 6.12. The molecule has 3 aliphatic rings. The van der Waals surface area contributed by atoms with E-state index < -0.39 is 0 Å². The van der Waals surface area contributed by atoms with Gasteiger partial charge in [-0.2, -0.15) is 0 Å². The average Bonchev–Trinajstić information content (AvgIpc) is 3.55. The van der Waals surface area contributed by atoms with E-state index in [2.05, 4.69) is 11.5 Å². The molecule has 0 aromatic rings. The van der Waals surface area contributed by atoms with Crippen LogP contribution in [0.4, 0.5) is 0 Å². The van der Waals surface area contributed by atoms with Gasteiger partial charge >= 0.3 is 17.9 Å². The van der Waals surface area contributed by atoms with Gasteiger partial charge in [-0.3, -0.25) is 14.4 Å². The number of hydrogen-bond acceptors (Lipinski definition) is 6. The maximum atomic E-state index is 10.8. The van der Waals surface area contributed by atoms with Crippen LogP contribution in [0.3, 0.4) is 0 Å². The molecule has 0 amide bonds. The Morgan fingerprint density at radius 2 is 1.10 bits per heavy atom. The summed E-state index contributed by atoms with van der Waals surface area (Å²) in [6, 6.07) is 0. The van der Waals surface area contributed by atoms with Gasteiger partial charge in [-0.05, 0) is 49.7 Å². The zero-order valence-electron chi connectivity index (χ0n) is 25.9. The standard InChI is InChI=1S/C10H18O2.C10H10O2.C9H16O2.2C2H6/c2*1-2-10(11)12-8-9-6-4-3-5-7-9;1-2-9(10)11-7-8-5-3-4-6-8;2*1-2/h9H,2-8H2,1H3;3-4,6H,2,8H2,1H3;8H,2-7H2,1H3;2*1-2H3. The topological polar surface area (TPSA) is 78.9 Å². The Hall–Kier alpha value is -2.55. The van der Waals surface area contributed by atoms with Gasteiger partial charge in [0.1, 0.15) is 6.61 Å². The fourth-order valence-electron chi connectivity index (χ4n) is 3.89. The first-order chi connectivity index (χ1) is 19.0. The zero-order chi connectivity index (χ0) is 29.7. The quantitative estimate of drug-likeness (QED) is 0.163. The highest BCUT2D eigenvalue weighted by atomic mass is 16.5. The molecule has 0 radical (unpaired) electrons. The molecule has 0 N–H and O–H groups in total. The van der Waals surface area contributed by atoms with Gasteiger partial charge in [0.2, 0.25) is 0 Å². The van der Waals surface area contributed by atoms with E-state index in [-0.39, 0.29) is 17.9 Å². The zero-order valence-corrected chi connectivity index (χ0v) is 25.9. The van der Waals surface area contributed by atoms with Gasteiger partial charge in [0.05, 0.1) is 13.2 Å². The van der Waals surface area contributed by atoms with E-state index in [1.807, 2.05) is 53.7 Å². The van der Waals surface area contributed by atoms with E-state index in [9.17, 15) is 14.4 Å². The molecule has 39 heavy (non-hydrogen) atoms. The van der Waals surface area contributed by atoms with Crippen molar-refractivity contribution in [3.05, 3.63) is 35.3 Å². The molecule has 0 atom stereocenters. The van der Waals surface area contributed by atoms with Gasteiger partial charge in [-0.25, -0.2) is 0 Å². The summed E-state index contributed by atoms with van der Waals surface area (Å²) in [5, 5.41) is 0. The number of allylic oxidation sites excluding steroid dienone is 2. The predicted molar refractivity (Wildman–Crippen MR) is 159 cm³/mol. The first-order valence-electron chi connectivity index (χ1n) is 15.3. The second kappa shape index (κ2) is 28.5. The van der Waals surface area contributed by atoms with E-state index >= 15 is 0 Å². The van der Waals surface area contributed by atoms with Gasteiger partial charge in [-0.1, -0.05) is 98.1 Å². The number of ether oxygens (including phenoxy) is 3. The Kier molecular flexibility index (Phi) is 28.2. The summed E-state index contributed by atoms with van der Waals surface area (Å²) in [4.78, 5) is 32.3. The van der Waals surface area contributed by atoms with Gasteiger partial charge in [-0.15, -0.1) is 0 Å². The van der Waals surface area contributed by atoms with E-state index in [4.69, 9.17) is 14.2 Å². The number of esters is 3. The summed E-state index contributed by atoms with van der Waals surface area (Å²) in [5.41, 5.74) is 6.48. The van der Waals surface area contributed by atoms with Crippen LogP contribution in [-0.2, 0) is 28.6 Å². The molecular weight excluding hydrogens is 492 g/mol. The van der Waals surface area contributed by atoms with Gasteiger partial charge in [0.15, 0.2) is 0 Å². The van der Waals surface area contributed by atoms with Crippen molar-refractivity contribution in [3.8, 4) is 0 Å². The van der Waals surface area contributed by atoms with Crippen LogP contribution in [-0.4, -0.2) is 37.7 Å². The molecule has 0 aromatic carbocycles. The molecule has 0 unspecified atom stereocenters. The first kappa shape index (κ1) is 38.6. The van der Waals surface area contributed by atoms with Crippen molar-refractivity contribution in [3.63, 3.8) is 0 Å². The maximum absolute atomic E-state index is 10.8. The Labute approximate surface area is 238 Å². The summed E-state index contributed by atoms with van der Waals surface area (Å²) < 4.78 is 15.0. The molecule has 0 spiro atoms. The molecule has 2 fully saturated rings. The Morgan fingerprint density at radius 3 is 1.49 bits per heavy atom. The van der Waals surface area contributed by atoms with Gasteiger partial charge in [0, 0.05) is 24.8 Å². The minimum Gasteiger partial charge on any atom is -0.465 e. The van der Waals surface area contributed by atoms with Crippen LogP contribution < -0.4 is 0 Å². The maximum Gasteiger partial charge on any atom is 0.305 e. The van der Waals surface area contributed by atoms with E-state index in [1.165, 1.54) is 57.8 Å². The molecule has 0 bridgehead atoms. The normalized spacial score (nSPS) is 15.4. The van der Waals surface area contributed by atoms with Crippen molar-refractivity contribution in [2.45, 2.75) is 126 Å².